The van der Waals surface area contributed by atoms with Gasteiger partial charge in [-0.2, -0.15) is 0 Å². The Bertz CT molecular complexity index is 456. The summed E-state index contributed by atoms with van der Waals surface area (Å²) in [6, 6.07) is 2.16. The van der Waals surface area contributed by atoms with Crippen LogP contribution in [0.15, 0.2) is 12.4 Å². The molecule has 2 aromatic heterocycles. The minimum absolute atomic E-state index is 0.675. The number of methoxy groups -OCH3 is 1. The highest BCUT2D eigenvalue weighted by atomic mass is 32.1. The molecule has 0 radical (unpaired) electrons. The number of aryl methyl sites for hydroxylation is 2. The molecule has 0 atom stereocenters. The van der Waals surface area contributed by atoms with Crippen LogP contribution in [0.25, 0.3) is 10.7 Å². The molecule has 0 saturated heterocycles. The second-order valence-corrected chi connectivity index (χ2v) is 4.95. The van der Waals surface area contributed by atoms with Crippen LogP contribution in [0.5, 0.6) is 0 Å². The van der Waals surface area contributed by atoms with E-state index < -0.39 is 0 Å². The molecule has 0 N–H and O–H groups in total. The Kier molecular flexibility index (Phi) is 3.36. The fraction of sp³-hybridized carbons (Fsp3) is 0.455. The lowest BCUT2D eigenvalue weighted by Crippen LogP contribution is -2.04. The quantitative estimate of drug-likeness (QED) is 0.819. The fourth-order valence-electron chi connectivity index (χ4n) is 1.48. The van der Waals surface area contributed by atoms with Crippen LogP contribution in [-0.2, 0) is 11.3 Å². The Morgan fingerprint density at radius 3 is 2.88 bits per heavy atom. The summed E-state index contributed by atoms with van der Waals surface area (Å²) in [6.45, 7) is 5.70. The lowest BCUT2D eigenvalue weighted by atomic mass is 10.3. The maximum Gasteiger partial charge on any atom is 0.173 e. The summed E-state index contributed by atoms with van der Waals surface area (Å²) in [4.78, 5) is 2.50. The van der Waals surface area contributed by atoms with Gasteiger partial charge in [0.1, 0.15) is 6.33 Å². The molecule has 0 bridgehead atoms. The van der Waals surface area contributed by atoms with Crippen LogP contribution >= 0.6 is 11.3 Å². The lowest BCUT2D eigenvalue weighted by molar-refractivity contribution is 0.187. The Morgan fingerprint density at radius 1 is 1.44 bits per heavy atom. The summed E-state index contributed by atoms with van der Waals surface area (Å²) >= 11 is 1.76. The highest BCUT2D eigenvalue weighted by Crippen LogP contribution is 2.29. The highest BCUT2D eigenvalue weighted by Gasteiger charge is 2.10. The fourth-order valence-corrected chi connectivity index (χ4v) is 2.52. The molecule has 0 amide bonds. The van der Waals surface area contributed by atoms with Gasteiger partial charge in [0.2, 0.25) is 0 Å². The van der Waals surface area contributed by atoms with E-state index in [1.54, 1.807) is 24.8 Å². The molecule has 0 aliphatic rings. The Hall–Kier alpha value is -1.20. The average molecular weight is 237 g/mol. The average Bonchev–Trinajstić information content (AvgIpc) is 2.83. The smallest absolute Gasteiger partial charge is 0.173 e. The first-order chi connectivity index (χ1) is 7.72. The van der Waals surface area contributed by atoms with Crippen LogP contribution in [-0.4, -0.2) is 28.5 Å². The third kappa shape index (κ3) is 2.15. The van der Waals surface area contributed by atoms with E-state index in [4.69, 9.17) is 4.74 Å². The number of hydrogen-bond donors (Lipinski definition) is 0. The number of nitrogens with zero attached hydrogens (tertiary/aromatic N) is 3. The lowest BCUT2D eigenvalue weighted by Gasteiger charge is -2.03. The number of aromatic nitrogens is 3. The van der Waals surface area contributed by atoms with Crippen molar-refractivity contribution >= 4 is 11.3 Å². The predicted octanol–water partition coefficient (Wildman–Crippen LogP) is 2.27. The van der Waals surface area contributed by atoms with Crippen LogP contribution in [0.3, 0.4) is 0 Å². The molecule has 0 aliphatic heterocycles. The van der Waals surface area contributed by atoms with Gasteiger partial charge in [-0.3, -0.25) is 0 Å². The zero-order valence-corrected chi connectivity index (χ0v) is 10.5. The summed E-state index contributed by atoms with van der Waals surface area (Å²) in [5.74, 6) is 0.929. The highest BCUT2D eigenvalue weighted by molar-refractivity contribution is 7.15. The van der Waals surface area contributed by atoms with Crippen molar-refractivity contribution < 1.29 is 4.74 Å². The number of ether oxygens (including phenoxy) is 1. The van der Waals surface area contributed by atoms with E-state index in [0.29, 0.717) is 6.61 Å². The van der Waals surface area contributed by atoms with Crippen molar-refractivity contribution in [2.75, 3.05) is 13.7 Å². The van der Waals surface area contributed by atoms with Gasteiger partial charge in [-0.1, -0.05) is 0 Å². The molecule has 16 heavy (non-hydrogen) atoms. The van der Waals surface area contributed by atoms with E-state index in [0.717, 1.165) is 12.4 Å². The van der Waals surface area contributed by atoms with Crippen molar-refractivity contribution in [3.63, 3.8) is 0 Å². The van der Waals surface area contributed by atoms with Gasteiger partial charge in [-0.15, -0.1) is 21.5 Å². The maximum atomic E-state index is 5.06. The third-order valence-corrected chi connectivity index (χ3v) is 3.69. The molecule has 0 spiro atoms. The maximum absolute atomic E-state index is 5.06. The van der Waals surface area contributed by atoms with Gasteiger partial charge in [0.05, 0.1) is 11.5 Å². The van der Waals surface area contributed by atoms with Crippen LogP contribution in [0.1, 0.15) is 10.4 Å². The number of rotatable bonds is 4. The molecular formula is C11H15N3OS. The molecule has 4 nitrogen and oxygen atoms in total. The standard InChI is InChI=1S/C11H15N3OS/c1-8-6-10(16-9(8)2)11-13-12-7-14(11)4-5-15-3/h6-7H,4-5H2,1-3H3. The molecule has 0 fully saturated rings. The van der Waals surface area contributed by atoms with Gasteiger partial charge in [0, 0.05) is 18.5 Å². The van der Waals surface area contributed by atoms with E-state index in [9.17, 15) is 0 Å². The van der Waals surface area contributed by atoms with Gasteiger partial charge >= 0.3 is 0 Å². The minimum Gasteiger partial charge on any atom is -0.383 e. The number of hydrogen-bond acceptors (Lipinski definition) is 4. The summed E-state index contributed by atoms with van der Waals surface area (Å²) < 4.78 is 7.08. The van der Waals surface area contributed by atoms with Crippen molar-refractivity contribution in [2.45, 2.75) is 20.4 Å². The topological polar surface area (TPSA) is 39.9 Å². The van der Waals surface area contributed by atoms with Crippen molar-refractivity contribution in [3.05, 3.63) is 22.8 Å². The van der Waals surface area contributed by atoms with Gasteiger partial charge in [-0.05, 0) is 25.5 Å². The second-order valence-electron chi connectivity index (χ2n) is 3.69. The first kappa shape index (κ1) is 11.3. The van der Waals surface area contributed by atoms with E-state index in [2.05, 4.69) is 30.1 Å². The van der Waals surface area contributed by atoms with Crippen LogP contribution in [0.2, 0.25) is 0 Å². The zero-order valence-electron chi connectivity index (χ0n) is 9.73. The zero-order chi connectivity index (χ0) is 11.5. The van der Waals surface area contributed by atoms with Crippen molar-refractivity contribution in [3.8, 4) is 10.7 Å². The number of thiophene rings is 1. The molecule has 0 unspecified atom stereocenters. The Labute approximate surface area is 98.9 Å². The first-order valence-corrected chi connectivity index (χ1v) is 5.98. The Morgan fingerprint density at radius 2 is 2.25 bits per heavy atom. The molecule has 86 valence electrons. The summed E-state index contributed by atoms with van der Waals surface area (Å²) in [5.41, 5.74) is 1.31. The largest absolute Gasteiger partial charge is 0.383 e. The van der Waals surface area contributed by atoms with Gasteiger partial charge in [0.25, 0.3) is 0 Å². The van der Waals surface area contributed by atoms with E-state index >= 15 is 0 Å². The Balaban J connectivity index is 2.29. The minimum atomic E-state index is 0.675. The van der Waals surface area contributed by atoms with Crippen molar-refractivity contribution in [2.24, 2.45) is 0 Å². The van der Waals surface area contributed by atoms with E-state index in [1.807, 2.05) is 4.57 Å². The summed E-state index contributed by atoms with van der Waals surface area (Å²) in [6.07, 6.45) is 1.75. The van der Waals surface area contributed by atoms with Gasteiger partial charge < -0.3 is 9.30 Å². The third-order valence-electron chi connectivity index (χ3n) is 2.54. The molecular weight excluding hydrogens is 222 g/mol. The molecule has 0 aliphatic carbocycles. The van der Waals surface area contributed by atoms with Gasteiger partial charge in [0.15, 0.2) is 5.82 Å². The van der Waals surface area contributed by atoms with Crippen LogP contribution in [0, 0.1) is 13.8 Å². The SMILES string of the molecule is COCCn1cnnc1-c1cc(C)c(C)s1. The molecule has 2 rings (SSSR count). The van der Waals surface area contributed by atoms with Crippen LogP contribution in [0.4, 0.5) is 0 Å². The molecule has 0 aromatic carbocycles. The van der Waals surface area contributed by atoms with Crippen molar-refractivity contribution in [1.29, 1.82) is 0 Å². The van der Waals surface area contributed by atoms with Gasteiger partial charge in [-0.25, -0.2) is 0 Å². The normalized spacial score (nSPS) is 10.9. The molecule has 5 heteroatoms. The van der Waals surface area contributed by atoms with E-state index in [1.165, 1.54) is 15.3 Å². The monoisotopic (exact) mass is 237 g/mol. The summed E-state index contributed by atoms with van der Waals surface area (Å²) in [7, 11) is 1.70. The molecule has 0 saturated carbocycles. The first-order valence-electron chi connectivity index (χ1n) is 5.16. The second kappa shape index (κ2) is 4.76. The molecule has 2 aromatic rings. The predicted molar refractivity (Wildman–Crippen MR) is 64.7 cm³/mol. The van der Waals surface area contributed by atoms with Crippen LogP contribution < -0.4 is 0 Å². The van der Waals surface area contributed by atoms with Crippen molar-refractivity contribution in [1.82, 2.24) is 14.8 Å². The summed E-state index contributed by atoms with van der Waals surface area (Å²) in [5, 5.41) is 8.12. The molecule has 2 heterocycles. The van der Waals surface area contributed by atoms with E-state index in [-0.39, 0.29) is 0 Å².